The van der Waals surface area contributed by atoms with Gasteiger partial charge in [0.25, 0.3) is 5.91 Å². The predicted octanol–water partition coefficient (Wildman–Crippen LogP) is 3.58. The number of carboxylic acids is 1. The quantitative estimate of drug-likeness (QED) is 0.858. The zero-order valence-corrected chi connectivity index (χ0v) is 14.6. The third-order valence-electron chi connectivity index (χ3n) is 4.57. The van der Waals surface area contributed by atoms with E-state index in [2.05, 4.69) is 0 Å². The summed E-state index contributed by atoms with van der Waals surface area (Å²) >= 11 is 0. The lowest BCUT2D eigenvalue weighted by Gasteiger charge is -2.26. The van der Waals surface area contributed by atoms with E-state index in [0.29, 0.717) is 11.3 Å². The number of nitrogens with zero attached hydrogens (tertiary/aromatic N) is 1. The molecule has 1 atom stereocenters. The molecule has 1 N–H and O–H groups in total. The van der Waals surface area contributed by atoms with Crippen LogP contribution in [0.1, 0.15) is 30.1 Å². The molecule has 26 heavy (non-hydrogen) atoms. The molecule has 0 spiro atoms. The predicted molar refractivity (Wildman–Crippen MR) is 94.7 cm³/mol. The Labute approximate surface area is 151 Å². The van der Waals surface area contributed by atoms with Crippen molar-refractivity contribution >= 4 is 11.9 Å². The van der Waals surface area contributed by atoms with E-state index < -0.39 is 23.7 Å². The molecule has 136 valence electrons. The molecule has 1 aliphatic carbocycles. The number of hydrogen-bond acceptors (Lipinski definition) is 3. The molecule has 2 aromatic carbocycles. The molecule has 5 nitrogen and oxygen atoms in total. The van der Waals surface area contributed by atoms with Crippen molar-refractivity contribution in [2.45, 2.75) is 31.8 Å². The van der Waals surface area contributed by atoms with E-state index >= 15 is 0 Å². The monoisotopic (exact) mass is 357 g/mol. The smallest absolute Gasteiger partial charge is 0.326 e. The van der Waals surface area contributed by atoms with Gasteiger partial charge in [-0.25, -0.2) is 9.18 Å². The molecule has 1 fully saturated rings. The first-order chi connectivity index (χ1) is 12.4. The minimum atomic E-state index is -1.10. The van der Waals surface area contributed by atoms with E-state index in [1.165, 1.54) is 24.0 Å². The number of aliphatic carboxylic acids is 1. The minimum Gasteiger partial charge on any atom is -0.497 e. The number of hydrogen-bond donors (Lipinski definition) is 1. The van der Waals surface area contributed by atoms with Crippen LogP contribution in [0.25, 0.3) is 11.1 Å². The molecule has 0 heterocycles. The second-order valence-corrected chi connectivity index (χ2v) is 6.38. The summed E-state index contributed by atoms with van der Waals surface area (Å²) < 4.78 is 19.7. The lowest BCUT2D eigenvalue weighted by atomic mass is 10.0. The molecule has 0 radical (unpaired) electrons. The van der Waals surface area contributed by atoms with E-state index in [1.54, 1.807) is 37.4 Å². The van der Waals surface area contributed by atoms with E-state index in [9.17, 15) is 19.1 Å². The Kier molecular flexibility index (Phi) is 4.93. The van der Waals surface area contributed by atoms with Crippen molar-refractivity contribution in [1.82, 2.24) is 4.90 Å². The molecule has 2 aromatic rings. The number of rotatable bonds is 6. The molecule has 0 bridgehead atoms. The van der Waals surface area contributed by atoms with Crippen molar-refractivity contribution in [3.63, 3.8) is 0 Å². The van der Waals surface area contributed by atoms with Crippen molar-refractivity contribution in [1.29, 1.82) is 0 Å². The first kappa shape index (κ1) is 17.9. The number of carbonyl (C=O) groups excluding carboxylic acids is 1. The third-order valence-corrected chi connectivity index (χ3v) is 4.57. The summed E-state index contributed by atoms with van der Waals surface area (Å²) in [6, 6.07) is 10.4. The number of amides is 1. The van der Waals surface area contributed by atoms with Crippen LogP contribution in [0.15, 0.2) is 42.5 Å². The van der Waals surface area contributed by atoms with Gasteiger partial charge in [0.15, 0.2) is 0 Å². The highest BCUT2D eigenvalue weighted by molar-refractivity contribution is 5.97. The summed E-state index contributed by atoms with van der Waals surface area (Å²) in [7, 11) is 1.57. The van der Waals surface area contributed by atoms with Crippen molar-refractivity contribution in [3.8, 4) is 16.9 Å². The largest absolute Gasteiger partial charge is 0.497 e. The Bertz CT molecular complexity index is 830. The molecule has 0 saturated heterocycles. The third kappa shape index (κ3) is 3.54. The number of benzene rings is 2. The normalized spacial score (nSPS) is 14.6. The van der Waals surface area contributed by atoms with Gasteiger partial charge < -0.3 is 14.7 Å². The van der Waals surface area contributed by atoms with Crippen LogP contribution in [0.5, 0.6) is 5.75 Å². The van der Waals surface area contributed by atoms with Crippen LogP contribution in [-0.4, -0.2) is 41.1 Å². The van der Waals surface area contributed by atoms with Gasteiger partial charge in [-0.05, 0) is 55.2 Å². The highest BCUT2D eigenvalue weighted by Crippen LogP contribution is 2.31. The molecule has 3 rings (SSSR count). The van der Waals surface area contributed by atoms with Crippen LogP contribution < -0.4 is 4.74 Å². The Morgan fingerprint density at radius 2 is 1.77 bits per heavy atom. The summed E-state index contributed by atoms with van der Waals surface area (Å²) in [6.07, 6.45) is 1.49. The molecular weight excluding hydrogens is 337 g/mol. The molecule has 0 aromatic heterocycles. The minimum absolute atomic E-state index is 0.109. The van der Waals surface area contributed by atoms with Gasteiger partial charge in [-0.15, -0.1) is 0 Å². The topological polar surface area (TPSA) is 66.8 Å². The summed E-state index contributed by atoms with van der Waals surface area (Å²) in [5.41, 5.74) is 1.31. The van der Waals surface area contributed by atoms with E-state index in [4.69, 9.17) is 4.74 Å². The van der Waals surface area contributed by atoms with Gasteiger partial charge in [0.05, 0.1) is 12.7 Å². The Morgan fingerprint density at radius 3 is 2.27 bits per heavy atom. The summed E-state index contributed by atoms with van der Waals surface area (Å²) in [6.45, 7) is 1.45. The van der Waals surface area contributed by atoms with Crippen LogP contribution in [0.4, 0.5) is 4.39 Å². The Hall–Kier alpha value is -2.89. The fourth-order valence-electron chi connectivity index (χ4n) is 2.92. The first-order valence-electron chi connectivity index (χ1n) is 8.42. The molecule has 1 amide bonds. The molecule has 6 heteroatoms. The average molecular weight is 357 g/mol. The molecular formula is C20H20FNO4. The van der Waals surface area contributed by atoms with Gasteiger partial charge in [0.1, 0.15) is 17.6 Å². The lowest BCUT2D eigenvalue weighted by molar-refractivity contribution is -0.141. The highest BCUT2D eigenvalue weighted by Gasteiger charge is 2.39. The van der Waals surface area contributed by atoms with E-state index in [0.717, 1.165) is 18.4 Å². The molecule has 0 aliphatic heterocycles. The van der Waals surface area contributed by atoms with Crippen LogP contribution in [-0.2, 0) is 4.79 Å². The SMILES string of the molecule is COc1ccc(-c2ccc(C(=O)N(C3CC3)C(C)C(=O)O)c(F)c2)cc1. The van der Waals surface area contributed by atoms with Gasteiger partial charge in [-0.1, -0.05) is 18.2 Å². The van der Waals surface area contributed by atoms with Crippen molar-refractivity contribution < 1.29 is 23.8 Å². The maximum absolute atomic E-state index is 14.6. The molecule has 1 saturated carbocycles. The fraction of sp³-hybridized carbons (Fsp3) is 0.300. The Balaban J connectivity index is 1.88. The first-order valence-corrected chi connectivity index (χ1v) is 8.42. The molecule has 1 unspecified atom stereocenters. The fourth-order valence-corrected chi connectivity index (χ4v) is 2.92. The summed E-state index contributed by atoms with van der Waals surface area (Å²) in [4.78, 5) is 25.3. The highest BCUT2D eigenvalue weighted by atomic mass is 19.1. The number of ether oxygens (including phenoxy) is 1. The number of methoxy groups -OCH3 is 1. The van der Waals surface area contributed by atoms with Gasteiger partial charge in [-0.2, -0.15) is 0 Å². The van der Waals surface area contributed by atoms with Crippen LogP contribution >= 0.6 is 0 Å². The van der Waals surface area contributed by atoms with E-state index in [-0.39, 0.29) is 11.6 Å². The van der Waals surface area contributed by atoms with Crippen LogP contribution in [0, 0.1) is 5.82 Å². The summed E-state index contributed by atoms with van der Waals surface area (Å²) in [5, 5.41) is 9.23. The number of carboxylic acid groups (broad SMARTS) is 1. The standard InChI is InChI=1S/C20H20FNO4/c1-12(20(24)25)22(15-6-7-15)19(23)17-10-5-14(11-18(17)21)13-3-8-16(26-2)9-4-13/h3-5,8-12,15H,6-7H2,1-2H3,(H,24,25). The number of halogens is 1. The lowest BCUT2D eigenvalue weighted by Crippen LogP contribution is -2.45. The second-order valence-electron chi connectivity index (χ2n) is 6.38. The van der Waals surface area contributed by atoms with Crippen LogP contribution in [0.2, 0.25) is 0 Å². The molecule has 1 aliphatic rings. The van der Waals surface area contributed by atoms with Gasteiger partial charge in [0.2, 0.25) is 0 Å². The summed E-state index contributed by atoms with van der Waals surface area (Å²) in [5.74, 6) is -1.64. The maximum atomic E-state index is 14.6. The van der Waals surface area contributed by atoms with Crippen LogP contribution in [0.3, 0.4) is 0 Å². The zero-order valence-electron chi connectivity index (χ0n) is 14.6. The average Bonchev–Trinajstić information content (AvgIpc) is 3.46. The van der Waals surface area contributed by atoms with E-state index in [1.807, 2.05) is 0 Å². The van der Waals surface area contributed by atoms with Gasteiger partial charge in [-0.3, -0.25) is 4.79 Å². The second kappa shape index (κ2) is 7.15. The van der Waals surface area contributed by atoms with Crippen molar-refractivity contribution in [2.75, 3.05) is 7.11 Å². The Morgan fingerprint density at radius 1 is 1.15 bits per heavy atom. The zero-order chi connectivity index (χ0) is 18.8. The van der Waals surface area contributed by atoms with Crippen molar-refractivity contribution in [2.24, 2.45) is 0 Å². The maximum Gasteiger partial charge on any atom is 0.326 e. The van der Waals surface area contributed by atoms with Gasteiger partial charge in [0, 0.05) is 6.04 Å². The van der Waals surface area contributed by atoms with Crippen molar-refractivity contribution in [3.05, 3.63) is 53.8 Å². The van der Waals surface area contributed by atoms with Gasteiger partial charge >= 0.3 is 5.97 Å². The number of carbonyl (C=O) groups is 2.